The number of carboxylic acids is 1. The van der Waals surface area contributed by atoms with Gasteiger partial charge in [-0.15, -0.1) is 11.3 Å². The van der Waals surface area contributed by atoms with Gasteiger partial charge in [-0.2, -0.15) is 0 Å². The molecule has 0 fully saturated rings. The Morgan fingerprint density at radius 1 is 1.40 bits per heavy atom. The van der Waals surface area contributed by atoms with Gasteiger partial charge in [0.15, 0.2) is 0 Å². The number of carboxylic acid groups (broad SMARTS) is 1. The maximum absolute atomic E-state index is 10.8. The van der Waals surface area contributed by atoms with E-state index >= 15 is 0 Å². The summed E-state index contributed by atoms with van der Waals surface area (Å²) in [6, 6.07) is 8.00. The molecule has 0 aliphatic heterocycles. The molecule has 1 heterocycles. The Labute approximate surface area is 90.0 Å². The SMILES string of the molecule is O=C(O)c1nc2c(s1)Cc1ccccc1-2. The molecule has 1 aromatic carbocycles. The maximum Gasteiger partial charge on any atom is 0.365 e. The van der Waals surface area contributed by atoms with Crippen LogP contribution in [0.2, 0.25) is 0 Å². The van der Waals surface area contributed by atoms with Gasteiger partial charge in [0.05, 0.1) is 5.69 Å². The summed E-state index contributed by atoms with van der Waals surface area (Å²) in [6.45, 7) is 0. The van der Waals surface area contributed by atoms with Gasteiger partial charge in [0.1, 0.15) is 0 Å². The number of hydrogen-bond donors (Lipinski definition) is 1. The lowest BCUT2D eigenvalue weighted by molar-refractivity contribution is 0.0696. The number of carbonyl (C=O) groups is 1. The molecule has 0 radical (unpaired) electrons. The van der Waals surface area contributed by atoms with Gasteiger partial charge in [-0.05, 0) is 5.56 Å². The highest BCUT2D eigenvalue weighted by Crippen LogP contribution is 2.38. The lowest BCUT2D eigenvalue weighted by Gasteiger charge is -1.96. The van der Waals surface area contributed by atoms with Crippen molar-refractivity contribution in [3.63, 3.8) is 0 Å². The van der Waals surface area contributed by atoms with Gasteiger partial charge < -0.3 is 5.11 Å². The average Bonchev–Trinajstić information content (AvgIpc) is 2.73. The molecule has 0 spiro atoms. The number of aromatic carboxylic acids is 1. The Morgan fingerprint density at radius 3 is 3.00 bits per heavy atom. The first kappa shape index (κ1) is 8.61. The number of benzene rings is 1. The fraction of sp³-hybridized carbons (Fsp3) is 0.0909. The quantitative estimate of drug-likeness (QED) is 0.681. The molecule has 0 saturated heterocycles. The summed E-state index contributed by atoms with van der Waals surface area (Å²) in [6.07, 6.45) is 0.816. The second kappa shape index (κ2) is 2.90. The Kier molecular flexibility index (Phi) is 1.67. The van der Waals surface area contributed by atoms with Crippen LogP contribution in [0, 0.1) is 0 Å². The molecule has 3 rings (SSSR count). The van der Waals surface area contributed by atoms with Crippen molar-refractivity contribution in [1.29, 1.82) is 0 Å². The normalized spacial score (nSPS) is 12.3. The first-order chi connectivity index (χ1) is 7.25. The minimum Gasteiger partial charge on any atom is -0.476 e. The van der Waals surface area contributed by atoms with Crippen molar-refractivity contribution >= 4 is 17.3 Å². The average molecular weight is 217 g/mol. The standard InChI is InChI=1S/C11H7NO2S/c13-11(14)10-12-9-7-4-2-1-3-6(7)5-8(9)15-10/h1-4H,5H2,(H,13,14). The molecule has 0 bridgehead atoms. The lowest BCUT2D eigenvalue weighted by Crippen LogP contribution is -1.94. The van der Waals surface area contributed by atoms with E-state index in [1.807, 2.05) is 18.2 Å². The molecule has 74 valence electrons. The van der Waals surface area contributed by atoms with Gasteiger partial charge in [-0.3, -0.25) is 0 Å². The second-order valence-corrected chi connectivity index (χ2v) is 4.51. The van der Waals surface area contributed by atoms with Crippen LogP contribution in [0.3, 0.4) is 0 Å². The number of rotatable bonds is 1. The van der Waals surface area contributed by atoms with Crippen LogP contribution in [0.4, 0.5) is 0 Å². The van der Waals surface area contributed by atoms with Gasteiger partial charge >= 0.3 is 5.97 Å². The summed E-state index contributed by atoms with van der Waals surface area (Å²) in [4.78, 5) is 16.0. The Balaban J connectivity index is 2.19. The highest BCUT2D eigenvalue weighted by Gasteiger charge is 2.24. The zero-order valence-electron chi connectivity index (χ0n) is 7.73. The van der Waals surface area contributed by atoms with Crippen LogP contribution in [0.1, 0.15) is 20.2 Å². The molecular formula is C11H7NO2S. The highest BCUT2D eigenvalue weighted by atomic mass is 32.1. The summed E-state index contributed by atoms with van der Waals surface area (Å²) >= 11 is 1.28. The van der Waals surface area contributed by atoms with Crippen molar-refractivity contribution in [2.24, 2.45) is 0 Å². The number of hydrogen-bond acceptors (Lipinski definition) is 3. The smallest absolute Gasteiger partial charge is 0.365 e. The van der Waals surface area contributed by atoms with Crippen LogP contribution in [-0.4, -0.2) is 16.1 Å². The van der Waals surface area contributed by atoms with Crippen LogP contribution >= 0.6 is 11.3 Å². The zero-order chi connectivity index (χ0) is 10.4. The van der Waals surface area contributed by atoms with Crippen molar-refractivity contribution in [1.82, 2.24) is 4.98 Å². The lowest BCUT2D eigenvalue weighted by atomic mass is 10.1. The number of aromatic nitrogens is 1. The van der Waals surface area contributed by atoms with Gasteiger partial charge in [-0.1, -0.05) is 24.3 Å². The van der Waals surface area contributed by atoms with Crippen LogP contribution < -0.4 is 0 Å². The molecule has 1 N–H and O–H groups in total. The summed E-state index contributed by atoms with van der Waals surface area (Å²) in [5.41, 5.74) is 3.17. The topological polar surface area (TPSA) is 50.2 Å². The van der Waals surface area contributed by atoms with E-state index in [2.05, 4.69) is 11.1 Å². The predicted octanol–water partition coefficient (Wildman–Crippen LogP) is 2.41. The zero-order valence-corrected chi connectivity index (χ0v) is 8.54. The monoisotopic (exact) mass is 217 g/mol. The van der Waals surface area contributed by atoms with Crippen LogP contribution in [-0.2, 0) is 6.42 Å². The minimum absolute atomic E-state index is 0.189. The second-order valence-electron chi connectivity index (χ2n) is 3.43. The molecule has 1 aliphatic carbocycles. The van der Waals surface area contributed by atoms with E-state index in [0.29, 0.717) is 0 Å². The van der Waals surface area contributed by atoms with E-state index in [4.69, 9.17) is 5.11 Å². The summed E-state index contributed by atoms with van der Waals surface area (Å²) in [5, 5.41) is 9.03. The van der Waals surface area contributed by atoms with Gasteiger partial charge in [0.2, 0.25) is 5.01 Å². The molecule has 0 atom stereocenters. The van der Waals surface area contributed by atoms with Gasteiger partial charge in [-0.25, -0.2) is 9.78 Å². The predicted molar refractivity (Wildman–Crippen MR) is 57.3 cm³/mol. The number of thiazole rings is 1. The van der Waals surface area contributed by atoms with E-state index in [0.717, 1.165) is 22.6 Å². The molecule has 0 amide bonds. The van der Waals surface area contributed by atoms with Crippen LogP contribution in [0.5, 0.6) is 0 Å². The van der Waals surface area contributed by atoms with Crippen LogP contribution in [0.25, 0.3) is 11.3 Å². The van der Waals surface area contributed by atoms with E-state index in [9.17, 15) is 4.79 Å². The summed E-state index contributed by atoms with van der Waals surface area (Å²) in [7, 11) is 0. The van der Waals surface area contributed by atoms with E-state index in [1.165, 1.54) is 16.9 Å². The van der Waals surface area contributed by atoms with E-state index in [-0.39, 0.29) is 5.01 Å². The van der Waals surface area contributed by atoms with Crippen molar-refractivity contribution in [3.05, 3.63) is 39.7 Å². The summed E-state index contributed by atoms with van der Waals surface area (Å²) < 4.78 is 0. The minimum atomic E-state index is -0.938. The van der Waals surface area contributed by atoms with Gasteiger partial charge in [0, 0.05) is 16.9 Å². The maximum atomic E-state index is 10.8. The van der Waals surface area contributed by atoms with Gasteiger partial charge in [0.25, 0.3) is 0 Å². The third-order valence-corrected chi connectivity index (χ3v) is 3.55. The molecule has 3 nitrogen and oxygen atoms in total. The first-order valence-electron chi connectivity index (χ1n) is 4.57. The number of nitrogens with zero attached hydrogens (tertiary/aromatic N) is 1. The molecule has 0 saturated carbocycles. The van der Waals surface area contributed by atoms with E-state index in [1.54, 1.807) is 0 Å². The molecule has 15 heavy (non-hydrogen) atoms. The molecular weight excluding hydrogens is 210 g/mol. The van der Waals surface area contributed by atoms with E-state index < -0.39 is 5.97 Å². The fourth-order valence-corrected chi connectivity index (χ4v) is 2.79. The third-order valence-electron chi connectivity index (χ3n) is 2.50. The molecule has 1 aromatic heterocycles. The van der Waals surface area contributed by atoms with Crippen molar-refractivity contribution < 1.29 is 9.90 Å². The Bertz CT molecular complexity index is 559. The fourth-order valence-electron chi connectivity index (χ4n) is 1.85. The largest absolute Gasteiger partial charge is 0.476 e. The molecule has 2 aromatic rings. The molecule has 4 heteroatoms. The van der Waals surface area contributed by atoms with Crippen molar-refractivity contribution in [3.8, 4) is 11.3 Å². The van der Waals surface area contributed by atoms with Crippen LogP contribution in [0.15, 0.2) is 24.3 Å². The third kappa shape index (κ3) is 1.18. The highest BCUT2D eigenvalue weighted by molar-refractivity contribution is 7.14. The molecule has 1 aliphatic rings. The Hall–Kier alpha value is -1.68. The number of fused-ring (bicyclic) bond motifs is 3. The summed E-state index contributed by atoms with van der Waals surface area (Å²) in [5.74, 6) is -0.938. The Morgan fingerprint density at radius 2 is 2.20 bits per heavy atom. The molecule has 0 unspecified atom stereocenters. The first-order valence-corrected chi connectivity index (χ1v) is 5.38. The van der Waals surface area contributed by atoms with Crippen molar-refractivity contribution in [2.45, 2.75) is 6.42 Å². The van der Waals surface area contributed by atoms with Crippen molar-refractivity contribution in [2.75, 3.05) is 0 Å².